The van der Waals surface area contributed by atoms with Crippen LogP contribution in [-0.2, 0) is 9.53 Å². The average molecular weight is 389 g/mol. The van der Waals surface area contributed by atoms with Gasteiger partial charge in [-0.1, -0.05) is 12.1 Å². The molecule has 0 atom stereocenters. The second-order valence-corrected chi connectivity index (χ2v) is 5.53. The van der Waals surface area contributed by atoms with Gasteiger partial charge < -0.3 is 29.0 Å². The molecule has 0 bridgehead atoms. The van der Waals surface area contributed by atoms with Crippen molar-refractivity contribution in [2.75, 3.05) is 41.1 Å². The molecule has 8 heteroatoms. The lowest BCUT2D eigenvalue weighted by atomic mass is 10.2. The lowest BCUT2D eigenvalue weighted by molar-refractivity contribution is -0.124. The molecule has 2 aromatic carbocycles. The minimum absolute atomic E-state index is 0.225. The van der Waals surface area contributed by atoms with Gasteiger partial charge in [0.2, 0.25) is 0 Å². The lowest BCUT2D eigenvalue weighted by Gasteiger charge is -2.11. The Morgan fingerprint density at radius 3 is 2.14 bits per heavy atom. The predicted octanol–water partition coefficient (Wildman–Crippen LogP) is 2.06. The molecular formula is C20H23NO7. The number of benzene rings is 2. The van der Waals surface area contributed by atoms with Crippen LogP contribution in [0.4, 0.5) is 0 Å². The first-order valence-electron chi connectivity index (χ1n) is 8.50. The van der Waals surface area contributed by atoms with E-state index in [1.54, 1.807) is 25.3 Å². The molecule has 0 saturated heterocycles. The molecule has 0 aromatic heterocycles. The molecule has 150 valence electrons. The Kier molecular flexibility index (Phi) is 7.95. The molecule has 0 unspecified atom stereocenters. The summed E-state index contributed by atoms with van der Waals surface area (Å²) in [6.07, 6.45) is 0. The molecule has 0 fully saturated rings. The van der Waals surface area contributed by atoms with Gasteiger partial charge in [-0.25, -0.2) is 4.79 Å². The lowest BCUT2D eigenvalue weighted by Crippen LogP contribution is -2.32. The second kappa shape index (κ2) is 10.7. The van der Waals surface area contributed by atoms with Crippen molar-refractivity contribution in [2.24, 2.45) is 0 Å². The minimum Gasteiger partial charge on any atom is -0.497 e. The van der Waals surface area contributed by atoms with E-state index in [0.717, 1.165) is 0 Å². The van der Waals surface area contributed by atoms with E-state index < -0.39 is 18.5 Å². The maximum Gasteiger partial charge on any atom is 0.338 e. The maximum absolute atomic E-state index is 12.1. The number of para-hydroxylation sites is 2. The molecule has 8 nitrogen and oxygen atoms in total. The van der Waals surface area contributed by atoms with E-state index in [2.05, 4.69) is 5.32 Å². The number of nitrogens with one attached hydrogen (secondary N) is 1. The molecule has 0 aliphatic rings. The summed E-state index contributed by atoms with van der Waals surface area (Å²) in [6, 6.07) is 11.8. The van der Waals surface area contributed by atoms with Crippen molar-refractivity contribution in [1.82, 2.24) is 5.32 Å². The number of hydrogen-bond acceptors (Lipinski definition) is 7. The topological polar surface area (TPSA) is 92.3 Å². The SMILES string of the molecule is COc1cc(OC)cc(C(=O)OCC(=O)NCCOc2ccccc2OC)c1. The molecule has 28 heavy (non-hydrogen) atoms. The van der Waals surface area contributed by atoms with Crippen molar-refractivity contribution in [3.05, 3.63) is 48.0 Å². The van der Waals surface area contributed by atoms with E-state index >= 15 is 0 Å². The van der Waals surface area contributed by atoms with Crippen molar-refractivity contribution in [1.29, 1.82) is 0 Å². The fraction of sp³-hybridized carbons (Fsp3) is 0.300. The summed E-state index contributed by atoms with van der Waals surface area (Å²) in [5.41, 5.74) is 0.225. The summed E-state index contributed by atoms with van der Waals surface area (Å²) < 4.78 is 25.9. The highest BCUT2D eigenvalue weighted by Gasteiger charge is 2.13. The summed E-state index contributed by atoms with van der Waals surface area (Å²) in [5, 5.41) is 2.61. The zero-order valence-corrected chi connectivity index (χ0v) is 16.0. The van der Waals surface area contributed by atoms with Gasteiger partial charge in [0.05, 0.1) is 33.4 Å². The number of carbonyl (C=O) groups excluding carboxylic acids is 2. The number of hydrogen-bond donors (Lipinski definition) is 1. The molecule has 2 rings (SSSR count). The fourth-order valence-corrected chi connectivity index (χ4v) is 2.28. The van der Waals surface area contributed by atoms with Gasteiger partial charge in [-0.05, 0) is 24.3 Å². The van der Waals surface area contributed by atoms with Crippen LogP contribution < -0.4 is 24.3 Å². The molecule has 0 radical (unpaired) electrons. The molecule has 0 saturated carbocycles. The van der Waals surface area contributed by atoms with Crippen LogP contribution >= 0.6 is 0 Å². The first-order chi connectivity index (χ1) is 13.6. The molecule has 1 N–H and O–H groups in total. The Morgan fingerprint density at radius 2 is 1.54 bits per heavy atom. The van der Waals surface area contributed by atoms with Crippen molar-refractivity contribution in [2.45, 2.75) is 0 Å². The summed E-state index contributed by atoms with van der Waals surface area (Å²) in [6.45, 7) is 0.0849. The van der Waals surface area contributed by atoms with Gasteiger partial charge in [0, 0.05) is 6.07 Å². The summed E-state index contributed by atoms with van der Waals surface area (Å²) in [5.74, 6) is 0.993. The molecule has 0 aliphatic carbocycles. The van der Waals surface area contributed by atoms with E-state index in [0.29, 0.717) is 23.0 Å². The predicted molar refractivity (Wildman–Crippen MR) is 101 cm³/mol. The Balaban J connectivity index is 1.75. The minimum atomic E-state index is -0.655. The molecule has 2 aromatic rings. The van der Waals surface area contributed by atoms with Gasteiger partial charge in [0.15, 0.2) is 18.1 Å². The van der Waals surface area contributed by atoms with Gasteiger partial charge in [-0.15, -0.1) is 0 Å². The highest BCUT2D eigenvalue weighted by molar-refractivity contribution is 5.92. The number of ether oxygens (including phenoxy) is 5. The normalized spacial score (nSPS) is 9.96. The quantitative estimate of drug-likeness (QED) is 0.491. The molecule has 0 heterocycles. The van der Waals surface area contributed by atoms with E-state index in [1.807, 2.05) is 12.1 Å². The third kappa shape index (κ3) is 6.08. The van der Waals surface area contributed by atoms with Crippen molar-refractivity contribution in [3.63, 3.8) is 0 Å². The van der Waals surface area contributed by atoms with Crippen LogP contribution in [0.1, 0.15) is 10.4 Å². The zero-order chi connectivity index (χ0) is 20.4. The largest absolute Gasteiger partial charge is 0.497 e. The van der Waals surface area contributed by atoms with Crippen molar-refractivity contribution in [3.8, 4) is 23.0 Å². The van der Waals surface area contributed by atoms with Gasteiger partial charge >= 0.3 is 5.97 Å². The smallest absolute Gasteiger partial charge is 0.338 e. The van der Waals surface area contributed by atoms with Gasteiger partial charge in [0.1, 0.15) is 18.1 Å². The van der Waals surface area contributed by atoms with E-state index in [-0.39, 0.29) is 18.7 Å². The van der Waals surface area contributed by atoms with Gasteiger partial charge in [-0.3, -0.25) is 4.79 Å². The Bertz CT molecular complexity index is 785. The Morgan fingerprint density at radius 1 is 0.893 bits per heavy atom. The third-order valence-electron chi connectivity index (χ3n) is 3.67. The highest BCUT2D eigenvalue weighted by Crippen LogP contribution is 2.25. The number of carbonyl (C=O) groups is 2. The number of rotatable bonds is 10. The van der Waals surface area contributed by atoms with Crippen LogP contribution in [0.3, 0.4) is 0 Å². The van der Waals surface area contributed by atoms with E-state index in [4.69, 9.17) is 23.7 Å². The molecule has 0 aliphatic heterocycles. The molecular weight excluding hydrogens is 366 g/mol. The Hall–Kier alpha value is -3.42. The molecule has 0 spiro atoms. The van der Waals surface area contributed by atoms with Crippen LogP contribution in [0.5, 0.6) is 23.0 Å². The first kappa shape index (κ1) is 20.9. The monoisotopic (exact) mass is 389 g/mol. The first-order valence-corrected chi connectivity index (χ1v) is 8.50. The maximum atomic E-state index is 12.1. The molecule has 1 amide bonds. The number of amides is 1. The van der Waals surface area contributed by atoms with Crippen molar-refractivity contribution < 1.29 is 33.3 Å². The summed E-state index contributed by atoms with van der Waals surface area (Å²) in [4.78, 5) is 24.0. The van der Waals surface area contributed by atoms with Crippen LogP contribution in [0.15, 0.2) is 42.5 Å². The third-order valence-corrected chi connectivity index (χ3v) is 3.67. The zero-order valence-electron chi connectivity index (χ0n) is 16.0. The van der Waals surface area contributed by atoms with Gasteiger partial charge in [0.25, 0.3) is 5.91 Å². The van der Waals surface area contributed by atoms with E-state index in [9.17, 15) is 9.59 Å². The van der Waals surface area contributed by atoms with Gasteiger partial charge in [-0.2, -0.15) is 0 Å². The number of methoxy groups -OCH3 is 3. The average Bonchev–Trinajstić information content (AvgIpc) is 2.74. The van der Waals surface area contributed by atoms with Crippen LogP contribution in [0, 0.1) is 0 Å². The van der Waals surface area contributed by atoms with Crippen LogP contribution in [0.2, 0.25) is 0 Å². The second-order valence-electron chi connectivity index (χ2n) is 5.53. The van der Waals surface area contributed by atoms with Crippen LogP contribution in [0.25, 0.3) is 0 Å². The van der Waals surface area contributed by atoms with Crippen molar-refractivity contribution >= 4 is 11.9 Å². The van der Waals surface area contributed by atoms with Crippen LogP contribution in [-0.4, -0.2) is 53.0 Å². The highest BCUT2D eigenvalue weighted by atomic mass is 16.5. The summed E-state index contributed by atoms with van der Waals surface area (Å²) >= 11 is 0. The standard InChI is InChI=1S/C20H23NO7/c1-24-15-10-14(11-16(12-15)25-2)20(23)28-13-19(22)21-8-9-27-18-7-5-4-6-17(18)26-3/h4-7,10-12H,8-9,13H2,1-3H3,(H,21,22). The fourth-order valence-electron chi connectivity index (χ4n) is 2.28. The Labute approximate surface area is 163 Å². The number of esters is 1. The van der Waals surface area contributed by atoms with E-state index in [1.165, 1.54) is 26.4 Å². The summed E-state index contributed by atoms with van der Waals surface area (Å²) in [7, 11) is 4.51.